The number of fused-ring (bicyclic) bond motifs is 1. The molecule has 46 heavy (non-hydrogen) atoms. The molecule has 12 nitrogen and oxygen atoms in total. The second-order valence-electron chi connectivity index (χ2n) is 10.7. The maximum atomic E-state index is 15.3. The van der Waals surface area contributed by atoms with Crippen LogP contribution in [0.25, 0.3) is 22.3 Å². The number of rotatable bonds is 9. The quantitative estimate of drug-likeness (QED) is 0.228. The van der Waals surface area contributed by atoms with Gasteiger partial charge in [0.25, 0.3) is 11.1 Å². The van der Waals surface area contributed by atoms with E-state index in [2.05, 4.69) is 25.4 Å². The smallest absolute Gasteiger partial charge is 0.423 e. The van der Waals surface area contributed by atoms with Gasteiger partial charge >= 0.3 is 12.4 Å². The number of aromatic amines is 1. The van der Waals surface area contributed by atoms with Gasteiger partial charge in [0.1, 0.15) is 11.4 Å². The first-order valence-corrected chi connectivity index (χ1v) is 13.6. The van der Waals surface area contributed by atoms with Crippen LogP contribution in [0.4, 0.5) is 42.2 Å². The lowest BCUT2D eigenvalue weighted by molar-refractivity contribution is -0.267. The van der Waals surface area contributed by atoms with Crippen molar-refractivity contribution in [3.05, 3.63) is 62.9 Å². The Morgan fingerprint density at radius 2 is 1.85 bits per heavy atom. The first kappa shape index (κ1) is 32.6. The Morgan fingerprint density at radius 3 is 2.50 bits per heavy atom. The van der Waals surface area contributed by atoms with E-state index in [0.717, 1.165) is 23.4 Å². The zero-order valence-corrected chi connectivity index (χ0v) is 24.0. The molecular weight excluding hydrogens is 633 g/mol. The number of H-pyrrole nitrogens is 1. The van der Waals surface area contributed by atoms with Crippen LogP contribution in [0.3, 0.4) is 0 Å². The van der Waals surface area contributed by atoms with Crippen LogP contribution in [0.2, 0.25) is 0 Å². The van der Waals surface area contributed by atoms with Crippen LogP contribution in [0.5, 0.6) is 5.75 Å². The van der Waals surface area contributed by atoms with Crippen LogP contribution >= 0.6 is 0 Å². The van der Waals surface area contributed by atoms with E-state index < -0.39 is 65.3 Å². The molecule has 1 aliphatic rings. The lowest BCUT2D eigenvalue weighted by Crippen LogP contribution is -2.69. The molecule has 5 rings (SSSR count). The monoisotopic (exact) mass is 658 g/mol. The average Bonchev–Trinajstić information content (AvgIpc) is 2.95. The molecule has 4 aromatic rings. The number of hydrogen-bond donors (Lipinski definition) is 3. The lowest BCUT2D eigenvalue weighted by Gasteiger charge is -2.47. The van der Waals surface area contributed by atoms with Gasteiger partial charge in [-0.15, -0.1) is 0 Å². The van der Waals surface area contributed by atoms with Crippen molar-refractivity contribution in [1.82, 2.24) is 29.7 Å². The summed E-state index contributed by atoms with van der Waals surface area (Å²) in [5, 5.41) is 17.5. The number of aromatic nitrogens is 6. The highest BCUT2D eigenvalue weighted by Gasteiger charge is 2.61. The number of alkyl halides is 6. The van der Waals surface area contributed by atoms with Crippen molar-refractivity contribution in [2.45, 2.75) is 50.3 Å². The number of methoxy groups -OCH3 is 1. The summed E-state index contributed by atoms with van der Waals surface area (Å²) in [5.74, 6) is -1.25. The summed E-state index contributed by atoms with van der Waals surface area (Å²) < 4.78 is 101. The van der Waals surface area contributed by atoms with Crippen molar-refractivity contribution < 1.29 is 40.6 Å². The molecule has 246 valence electrons. The predicted molar refractivity (Wildman–Crippen MR) is 149 cm³/mol. The number of aryl methyl sites for hydroxylation is 1. The van der Waals surface area contributed by atoms with Gasteiger partial charge in [-0.05, 0) is 31.9 Å². The molecular formula is C27H25F7N8O4. The molecule has 0 saturated carbocycles. The SMILES string of the molecule is COc1cnc(-c2cc3ncn(CCCC(C)Nc4cn[nH]c(=O)c4C(F)(F)F)c(=O)c3cc2F)nc1N1CC(O)(C(F)(F)F)C1. The highest BCUT2D eigenvalue weighted by molar-refractivity contribution is 5.83. The van der Waals surface area contributed by atoms with E-state index in [4.69, 9.17) is 4.74 Å². The fourth-order valence-electron chi connectivity index (χ4n) is 4.98. The number of halogens is 7. The molecule has 1 atom stereocenters. The molecule has 0 aliphatic carbocycles. The van der Waals surface area contributed by atoms with Gasteiger partial charge in [0.15, 0.2) is 23.0 Å². The van der Waals surface area contributed by atoms with Gasteiger partial charge in [-0.3, -0.25) is 14.2 Å². The Hall–Kier alpha value is -4.81. The Bertz CT molecular complexity index is 1890. The fraction of sp³-hybridized carbons (Fsp3) is 0.407. The topological polar surface area (TPSA) is 151 Å². The number of nitrogens with zero attached hydrogens (tertiary/aromatic N) is 6. The van der Waals surface area contributed by atoms with Gasteiger partial charge in [-0.25, -0.2) is 24.4 Å². The van der Waals surface area contributed by atoms with Crippen molar-refractivity contribution in [3.8, 4) is 17.1 Å². The molecule has 1 saturated heterocycles. The zero-order valence-electron chi connectivity index (χ0n) is 24.0. The third-order valence-electron chi connectivity index (χ3n) is 7.42. The number of anilines is 2. The van der Waals surface area contributed by atoms with Gasteiger partial charge in [0, 0.05) is 12.6 Å². The first-order valence-electron chi connectivity index (χ1n) is 13.6. The Labute approximate surface area is 253 Å². The summed E-state index contributed by atoms with van der Waals surface area (Å²) in [6.07, 6.45) is -5.99. The molecule has 1 unspecified atom stereocenters. The minimum Gasteiger partial charge on any atom is -0.491 e. The summed E-state index contributed by atoms with van der Waals surface area (Å²) in [4.78, 5) is 38.3. The molecule has 19 heteroatoms. The minimum absolute atomic E-state index is 0.00501. The molecule has 0 spiro atoms. The maximum absolute atomic E-state index is 15.3. The Morgan fingerprint density at radius 1 is 1.13 bits per heavy atom. The van der Waals surface area contributed by atoms with Gasteiger partial charge in [-0.1, -0.05) is 0 Å². The second kappa shape index (κ2) is 11.8. The fourth-order valence-corrected chi connectivity index (χ4v) is 4.98. The number of nitrogens with one attached hydrogen (secondary N) is 2. The molecule has 0 radical (unpaired) electrons. The van der Waals surface area contributed by atoms with E-state index in [1.54, 1.807) is 12.0 Å². The first-order chi connectivity index (χ1) is 21.5. The predicted octanol–water partition coefficient (Wildman–Crippen LogP) is 3.50. The highest BCUT2D eigenvalue weighted by Crippen LogP contribution is 2.42. The van der Waals surface area contributed by atoms with E-state index >= 15 is 4.39 Å². The van der Waals surface area contributed by atoms with E-state index in [1.807, 2.05) is 0 Å². The molecule has 1 aromatic carbocycles. The van der Waals surface area contributed by atoms with Crippen molar-refractivity contribution in [2.24, 2.45) is 0 Å². The standard InChI is InChI=1S/C27H25F7N8O4/c1-13(38-18-8-37-40-23(43)20(18)26(29,30)31)4-3-5-41-12-36-17-7-14(16(28)6-15(17)24(41)44)21-35-9-19(46-2)22(39-21)42-10-25(45,11-42)27(32,33)34/h6-9,12-13,45H,3-5,10-11H2,1-2H3,(H2,38,40,43). The summed E-state index contributed by atoms with van der Waals surface area (Å²) in [6.45, 7) is 0.0292. The van der Waals surface area contributed by atoms with Crippen LogP contribution in [-0.4, -0.2) is 72.8 Å². The number of benzene rings is 1. The highest BCUT2D eigenvalue weighted by atomic mass is 19.4. The largest absolute Gasteiger partial charge is 0.491 e. The maximum Gasteiger partial charge on any atom is 0.423 e. The summed E-state index contributed by atoms with van der Waals surface area (Å²) >= 11 is 0. The lowest BCUT2D eigenvalue weighted by atomic mass is 9.93. The van der Waals surface area contributed by atoms with Crippen LogP contribution in [0.1, 0.15) is 25.3 Å². The van der Waals surface area contributed by atoms with E-state index in [9.17, 15) is 41.0 Å². The number of hydrogen-bond acceptors (Lipinski definition) is 10. The normalized spacial score (nSPS) is 15.5. The average molecular weight is 659 g/mol. The summed E-state index contributed by atoms with van der Waals surface area (Å²) in [7, 11) is 1.24. The van der Waals surface area contributed by atoms with Gasteiger partial charge in [0.2, 0.25) is 0 Å². The Kier molecular flexibility index (Phi) is 8.39. The van der Waals surface area contributed by atoms with Crippen molar-refractivity contribution >= 4 is 22.4 Å². The molecule has 0 amide bonds. The van der Waals surface area contributed by atoms with Crippen LogP contribution in [-0.2, 0) is 12.7 Å². The third kappa shape index (κ3) is 6.18. The van der Waals surface area contributed by atoms with Crippen LogP contribution < -0.4 is 26.1 Å². The second-order valence-corrected chi connectivity index (χ2v) is 10.7. The zero-order chi connectivity index (χ0) is 33.6. The molecule has 1 fully saturated rings. The number of aliphatic hydroxyl groups is 1. The van der Waals surface area contributed by atoms with E-state index in [-0.39, 0.29) is 46.8 Å². The van der Waals surface area contributed by atoms with Crippen LogP contribution in [0.15, 0.2) is 40.4 Å². The van der Waals surface area contributed by atoms with E-state index in [0.29, 0.717) is 6.42 Å². The van der Waals surface area contributed by atoms with E-state index in [1.165, 1.54) is 24.1 Å². The Balaban J connectivity index is 1.32. The summed E-state index contributed by atoms with van der Waals surface area (Å²) in [6, 6.07) is 1.59. The molecule has 3 aromatic heterocycles. The number of β-amino-alcohol motifs (C(OH)–C–C–N with tert-alkyl or cyclic N) is 1. The van der Waals surface area contributed by atoms with Crippen molar-refractivity contribution in [1.29, 1.82) is 0 Å². The van der Waals surface area contributed by atoms with Crippen molar-refractivity contribution in [3.63, 3.8) is 0 Å². The van der Waals surface area contributed by atoms with Gasteiger partial charge in [-0.2, -0.15) is 31.4 Å². The molecule has 0 bridgehead atoms. The summed E-state index contributed by atoms with van der Waals surface area (Å²) in [5.41, 5.74) is -6.94. The van der Waals surface area contributed by atoms with Gasteiger partial charge < -0.3 is 20.1 Å². The van der Waals surface area contributed by atoms with Crippen LogP contribution in [0, 0.1) is 5.82 Å². The molecule has 1 aliphatic heterocycles. The third-order valence-corrected chi connectivity index (χ3v) is 7.42. The van der Waals surface area contributed by atoms with Gasteiger partial charge in [0.05, 0.1) is 61.1 Å². The molecule has 4 heterocycles. The number of ether oxygens (including phenoxy) is 1. The molecule has 3 N–H and O–H groups in total. The minimum atomic E-state index is -4.91. The van der Waals surface area contributed by atoms with Crippen molar-refractivity contribution in [2.75, 3.05) is 30.4 Å².